The number of fused-ring (bicyclic) bond motifs is 1. The number of aromatic nitrogens is 4. The van der Waals surface area contributed by atoms with E-state index in [1.54, 1.807) is 35.9 Å². The summed E-state index contributed by atoms with van der Waals surface area (Å²) in [6, 6.07) is 6.83. The SMILES string of the molecule is CC(C)CSc1nc2c(c(=O)[nH]c(=O)n2C)n1CC(O)COc1ccc(Cl)cc1. The van der Waals surface area contributed by atoms with Gasteiger partial charge in [-0.25, -0.2) is 9.78 Å². The Bertz CT molecular complexity index is 1100. The zero-order valence-corrected chi connectivity index (χ0v) is 18.0. The van der Waals surface area contributed by atoms with Crippen molar-refractivity contribution in [3.63, 3.8) is 0 Å². The summed E-state index contributed by atoms with van der Waals surface area (Å²) in [6.45, 7) is 4.29. The van der Waals surface area contributed by atoms with E-state index in [4.69, 9.17) is 16.3 Å². The molecule has 3 aromatic rings. The maximum atomic E-state index is 12.5. The van der Waals surface area contributed by atoms with E-state index in [2.05, 4.69) is 23.8 Å². The fourth-order valence-electron chi connectivity index (χ4n) is 2.72. The third-order valence-corrected chi connectivity index (χ3v) is 5.82. The number of benzene rings is 1. The first-order chi connectivity index (χ1) is 13.8. The Hall–Kier alpha value is -2.23. The molecular weight excluding hydrogens is 416 g/mol. The predicted octanol–water partition coefficient (Wildman–Crippen LogP) is 2.26. The summed E-state index contributed by atoms with van der Waals surface area (Å²) in [5.41, 5.74) is -0.517. The van der Waals surface area contributed by atoms with Gasteiger partial charge in [-0.2, -0.15) is 0 Å². The second kappa shape index (κ2) is 9.06. The van der Waals surface area contributed by atoms with Crippen molar-refractivity contribution >= 4 is 34.5 Å². The Kier molecular flexibility index (Phi) is 6.71. The molecule has 1 aromatic carbocycles. The summed E-state index contributed by atoms with van der Waals surface area (Å²) in [5.74, 6) is 1.78. The summed E-state index contributed by atoms with van der Waals surface area (Å²) in [6.07, 6.45) is -0.891. The molecule has 0 bridgehead atoms. The highest BCUT2D eigenvalue weighted by atomic mass is 35.5. The number of ether oxygens (including phenoxy) is 1. The number of thioether (sulfide) groups is 1. The molecule has 0 spiro atoms. The van der Waals surface area contributed by atoms with Crippen molar-refractivity contribution in [1.82, 2.24) is 19.1 Å². The van der Waals surface area contributed by atoms with E-state index in [1.807, 2.05) is 0 Å². The molecule has 0 amide bonds. The fourth-order valence-corrected chi connectivity index (χ4v) is 3.80. The largest absolute Gasteiger partial charge is 0.491 e. The lowest BCUT2D eigenvalue weighted by Gasteiger charge is -2.15. The monoisotopic (exact) mass is 438 g/mol. The lowest BCUT2D eigenvalue weighted by molar-refractivity contribution is 0.0914. The molecule has 0 saturated carbocycles. The van der Waals surface area contributed by atoms with Crippen LogP contribution in [0.5, 0.6) is 5.75 Å². The minimum absolute atomic E-state index is 0.0270. The molecule has 2 heterocycles. The molecule has 1 atom stereocenters. The van der Waals surface area contributed by atoms with Crippen LogP contribution in [0.4, 0.5) is 0 Å². The Balaban J connectivity index is 1.88. The van der Waals surface area contributed by atoms with Gasteiger partial charge < -0.3 is 14.4 Å². The quantitative estimate of drug-likeness (QED) is 0.523. The standard InChI is InChI=1S/C19H23ClN4O4S/c1-11(2)10-29-19-21-16-15(17(26)22-18(27)23(16)3)24(19)8-13(25)9-28-14-6-4-12(20)5-7-14/h4-7,11,13,25H,8-10H2,1-3H3,(H,22,26,27). The molecule has 29 heavy (non-hydrogen) atoms. The third kappa shape index (κ3) is 5.04. The smallest absolute Gasteiger partial charge is 0.329 e. The number of nitrogens with one attached hydrogen (secondary N) is 1. The number of imidazole rings is 1. The van der Waals surface area contributed by atoms with Crippen LogP contribution < -0.4 is 16.0 Å². The molecule has 0 fully saturated rings. The second-order valence-electron chi connectivity index (χ2n) is 7.12. The number of nitrogens with zero attached hydrogens (tertiary/aromatic N) is 3. The van der Waals surface area contributed by atoms with E-state index in [1.165, 1.54) is 16.3 Å². The summed E-state index contributed by atoms with van der Waals surface area (Å²) < 4.78 is 8.55. The molecular formula is C19H23ClN4O4S. The van der Waals surface area contributed by atoms with Gasteiger partial charge in [0.15, 0.2) is 16.3 Å². The highest BCUT2D eigenvalue weighted by Gasteiger charge is 2.20. The van der Waals surface area contributed by atoms with Gasteiger partial charge in [0.1, 0.15) is 18.5 Å². The highest BCUT2D eigenvalue weighted by Crippen LogP contribution is 2.24. The van der Waals surface area contributed by atoms with Crippen molar-refractivity contribution < 1.29 is 9.84 Å². The normalized spacial score (nSPS) is 12.6. The number of H-pyrrole nitrogens is 1. The molecule has 10 heteroatoms. The van der Waals surface area contributed by atoms with Crippen molar-refractivity contribution in [2.24, 2.45) is 13.0 Å². The van der Waals surface area contributed by atoms with Crippen LogP contribution in [0.2, 0.25) is 5.02 Å². The highest BCUT2D eigenvalue weighted by molar-refractivity contribution is 7.99. The first-order valence-electron chi connectivity index (χ1n) is 9.15. The topological polar surface area (TPSA) is 102 Å². The van der Waals surface area contributed by atoms with E-state index < -0.39 is 17.4 Å². The van der Waals surface area contributed by atoms with Crippen molar-refractivity contribution in [3.05, 3.63) is 50.1 Å². The van der Waals surface area contributed by atoms with E-state index in [-0.39, 0.29) is 24.3 Å². The molecule has 2 aromatic heterocycles. The van der Waals surface area contributed by atoms with E-state index in [0.29, 0.717) is 21.8 Å². The summed E-state index contributed by atoms with van der Waals surface area (Å²) in [7, 11) is 1.55. The third-order valence-electron chi connectivity index (χ3n) is 4.17. The number of aromatic amines is 1. The van der Waals surface area contributed by atoms with Crippen LogP contribution >= 0.6 is 23.4 Å². The van der Waals surface area contributed by atoms with Gasteiger partial charge >= 0.3 is 5.69 Å². The molecule has 0 aliphatic carbocycles. The lowest BCUT2D eigenvalue weighted by atomic mass is 10.3. The molecule has 1 unspecified atom stereocenters. The van der Waals surface area contributed by atoms with Crippen LogP contribution in [0.15, 0.2) is 39.0 Å². The van der Waals surface area contributed by atoms with Crippen LogP contribution in [0.3, 0.4) is 0 Å². The minimum Gasteiger partial charge on any atom is -0.491 e. The van der Waals surface area contributed by atoms with Gasteiger partial charge in [0.25, 0.3) is 5.56 Å². The molecule has 156 valence electrons. The number of rotatable bonds is 8. The van der Waals surface area contributed by atoms with Crippen LogP contribution in [0, 0.1) is 5.92 Å². The van der Waals surface area contributed by atoms with E-state index in [9.17, 15) is 14.7 Å². The number of hydrogen-bond donors (Lipinski definition) is 2. The van der Waals surface area contributed by atoms with Crippen LogP contribution in [-0.2, 0) is 13.6 Å². The minimum atomic E-state index is -0.891. The number of hydrogen-bond acceptors (Lipinski definition) is 6. The Morgan fingerprint density at radius 2 is 1.97 bits per heavy atom. The molecule has 0 aliphatic rings. The Morgan fingerprint density at radius 3 is 2.62 bits per heavy atom. The van der Waals surface area contributed by atoms with E-state index in [0.717, 1.165) is 5.75 Å². The first-order valence-corrected chi connectivity index (χ1v) is 10.5. The average Bonchev–Trinajstić information content (AvgIpc) is 3.03. The molecule has 2 N–H and O–H groups in total. The second-order valence-corrected chi connectivity index (χ2v) is 8.54. The Morgan fingerprint density at radius 1 is 1.28 bits per heavy atom. The lowest BCUT2D eigenvalue weighted by Crippen LogP contribution is -2.30. The van der Waals surface area contributed by atoms with Gasteiger partial charge in [-0.3, -0.25) is 14.3 Å². The summed E-state index contributed by atoms with van der Waals surface area (Å²) >= 11 is 7.34. The van der Waals surface area contributed by atoms with E-state index >= 15 is 0 Å². The van der Waals surface area contributed by atoms with Crippen LogP contribution in [0.1, 0.15) is 13.8 Å². The van der Waals surface area contributed by atoms with Gasteiger partial charge in [-0.15, -0.1) is 0 Å². The number of aliphatic hydroxyl groups excluding tert-OH is 1. The predicted molar refractivity (Wildman–Crippen MR) is 114 cm³/mol. The molecule has 3 rings (SSSR count). The van der Waals surface area contributed by atoms with Crippen LogP contribution in [-0.4, -0.2) is 42.7 Å². The summed E-state index contributed by atoms with van der Waals surface area (Å²) in [5, 5.41) is 11.7. The number of halogens is 1. The molecule has 8 nitrogen and oxygen atoms in total. The maximum absolute atomic E-state index is 12.5. The van der Waals surface area contributed by atoms with Gasteiger partial charge in [0, 0.05) is 17.8 Å². The zero-order chi connectivity index (χ0) is 21.1. The van der Waals surface area contributed by atoms with Gasteiger partial charge in [-0.05, 0) is 30.2 Å². The number of aliphatic hydroxyl groups is 1. The first kappa shape index (κ1) is 21.5. The number of aryl methyl sites for hydroxylation is 1. The summed E-state index contributed by atoms with van der Waals surface area (Å²) in [4.78, 5) is 31.2. The molecule has 0 aliphatic heterocycles. The molecule has 0 radical (unpaired) electrons. The van der Waals surface area contributed by atoms with Crippen molar-refractivity contribution in [3.8, 4) is 5.75 Å². The van der Waals surface area contributed by atoms with Gasteiger partial charge in [-0.1, -0.05) is 37.2 Å². The fraction of sp³-hybridized carbons (Fsp3) is 0.421. The van der Waals surface area contributed by atoms with Gasteiger partial charge in [0.2, 0.25) is 0 Å². The maximum Gasteiger partial charge on any atom is 0.329 e. The van der Waals surface area contributed by atoms with Crippen LogP contribution in [0.25, 0.3) is 11.2 Å². The molecule has 0 saturated heterocycles. The zero-order valence-electron chi connectivity index (χ0n) is 16.4. The Labute approximate surface area is 176 Å². The average molecular weight is 439 g/mol. The van der Waals surface area contributed by atoms with Crippen molar-refractivity contribution in [2.75, 3.05) is 12.4 Å². The van der Waals surface area contributed by atoms with Crippen molar-refractivity contribution in [1.29, 1.82) is 0 Å². The van der Waals surface area contributed by atoms with Gasteiger partial charge in [0.05, 0.1) is 6.54 Å². The van der Waals surface area contributed by atoms with Crippen molar-refractivity contribution in [2.45, 2.75) is 31.7 Å².